The van der Waals surface area contributed by atoms with Crippen LogP contribution in [0.3, 0.4) is 0 Å². The van der Waals surface area contributed by atoms with Crippen molar-refractivity contribution in [2.24, 2.45) is 0 Å². The summed E-state index contributed by atoms with van der Waals surface area (Å²) in [7, 11) is 0. The van der Waals surface area contributed by atoms with Crippen LogP contribution in [0.1, 0.15) is 30.0 Å². The van der Waals surface area contributed by atoms with Gasteiger partial charge in [0, 0.05) is 17.9 Å². The lowest BCUT2D eigenvalue weighted by Gasteiger charge is -2.29. The van der Waals surface area contributed by atoms with Crippen LogP contribution in [0.2, 0.25) is 0 Å². The van der Waals surface area contributed by atoms with Gasteiger partial charge >= 0.3 is 0 Å². The Morgan fingerprint density at radius 3 is 2.88 bits per heavy atom. The Kier molecular flexibility index (Phi) is 4.52. The highest BCUT2D eigenvalue weighted by molar-refractivity contribution is 5.67. The molecule has 0 spiro atoms. The van der Waals surface area contributed by atoms with Gasteiger partial charge in [0.05, 0.1) is 6.20 Å². The van der Waals surface area contributed by atoms with Crippen molar-refractivity contribution < 1.29 is 0 Å². The number of fused-ring (bicyclic) bond motifs is 1. The van der Waals surface area contributed by atoms with Gasteiger partial charge in [-0.25, -0.2) is 0 Å². The molecule has 132 valence electrons. The Bertz CT molecular complexity index is 922. The highest BCUT2D eigenvalue weighted by Crippen LogP contribution is 2.32. The van der Waals surface area contributed by atoms with Gasteiger partial charge in [0.1, 0.15) is 0 Å². The Hall–Kier alpha value is -2.95. The van der Waals surface area contributed by atoms with Crippen LogP contribution in [-0.4, -0.2) is 21.7 Å². The van der Waals surface area contributed by atoms with Gasteiger partial charge in [0.15, 0.2) is 5.82 Å². The minimum atomic E-state index is 0.647. The van der Waals surface area contributed by atoms with Crippen molar-refractivity contribution in [2.45, 2.75) is 33.1 Å². The first-order chi connectivity index (χ1) is 12.8. The molecule has 26 heavy (non-hydrogen) atoms. The third-order valence-corrected chi connectivity index (χ3v) is 4.89. The van der Waals surface area contributed by atoms with E-state index in [1.165, 1.54) is 22.4 Å². The molecule has 5 heteroatoms. The average molecular weight is 345 g/mol. The van der Waals surface area contributed by atoms with E-state index >= 15 is 0 Å². The number of nitrogens with zero attached hydrogens (tertiary/aromatic N) is 4. The molecule has 1 aromatic heterocycles. The molecule has 0 unspecified atom stereocenters. The molecule has 0 amide bonds. The molecule has 0 atom stereocenters. The number of hydrogen-bond donors (Lipinski definition) is 1. The van der Waals surface area contributed by atoms with E-state index < -0.39 is 0 Å². The minimum absolute atomic E-state index is 0.647. The van der Waals surface area contributed by atoms with E-state index in [9.17, 15) is 0 Å². The Balaban J connectivity index is 1.67. The Morgan fingerprint density at radius 2 is 2.00 bits per heavy atom. The Labute approximate surface area is 154 Å². The van der Waals surface area contributed by atoms with E-state index in [-0.39, 0.29) is 0 Å². The van der Waals surface area contributed by atoms with Crippen molar-refractivity contribution in [1.82, 2.24) is 15.2 Å². The summed E-state index contributed by atoms with van der Waals surface area (Å²) in [6, 6.07) is 14.8. The quantitative estimate of drug-likeness (QED) is 0.750. The first-order valence-electron chi connectivity index (χ1n) is 9.17. The predicted molar refractivity (Wildman–Crippen MR) is 105 cm³/mol. The van der Waals surface area contributed by atoms with Gasteiger partial charge in [-0.1, -0.05) is 43.3 Å². The van der Waals surface area contributed by atoms with Gasteiger partial charge in [-0.15, -0.1) is 5.10 Å². The van der Waals surface area contributed by atoms with Crippen molar-refractivity contribution in [3.63, 3.8) is 0 Å². The molecule has 2 aromatic carbocycles. The lowest BCUT2D eigenvalue weighted by molar-refractivity contribution is 0.741. The monoisotopic (exact) mass is 345 g/mol. The van der Waals surface area contributed by atoms with Crippen molar-refractivity contribution in [1.29, 1.82) is 0 Å². The summed E-state index contributed by atoms with van der Waals surface area (Å²) in [4.78, 5) is 6.91. The van der Waals surface area contributed by atoms with Crippen LogP contribution in [0.5, 0.6) is 0 Å². The molecular weight excluding hydrogens is 322 g/mol. The van der Waals surface area contributed by atoms with Crippen molar-refractivity contribution in [2.75, 3.05) is 16.8 Å². The summed E-state index contributed by atoms with van der Waals surface area (Å²) in [5.41, 5.74) is 6.11. The summed E-state index contributed by atoms with van der Waals surface area (Å²) in [5, 5.41) is 11.9. The van der Waals surface area contributed by atoms with Crippen LogP contribution in [0, 0.1) is 6.92 Å². The number of nitrogens with one attached hydrogen (secondary N) is 1. The number of anilines is 4. The molecular formula is C21H23N5. The van der Waals surface area contributed by atoms with Gasteiger partial charge in [-0.05, 0) is 48.9 Å². The van der Waals surface area contributed by atoms with Gasteiger partial charge in [-0.3, -0.25) is 0 Å². The SMILES string of the molecule is CCc1cccc(C)c1Nc1cnnc(N2CCCc3ccccc32)n1. The molecule has 0 saturated heterocycles. The average Bonchev–Trinajstić information content (AvgIpc) is 2.69. The van der Waals surface area contributed by atoms with Crippen LogP contribution < -0.4 is 10.2 Å². The molecule has 1 aliphatic rings. The number of para-hydroxylation sites is 2. The molecule has 0 aliphatic carbocycles. The predicted octanol–water partition coefficient (Wildman–Crippen LogP) is 4.57. The molecule has 1 N–H and O–H groups in total. The lowest BCUT2D eigenvalue weighted by atomic mass is 10.0. The zero-order valence-electron chi connectivity index (χ0n) is 15.2. The number of hydrogen-bond acceptors (Lipinski definition) is 5. The molecule has 2 heterocycles. The second kappa shape index (κ2) is 7.12. The highest BCUT2D eigenvalue weighted by atomic mass is 15.3. The normalized spacial score (nSPS) is 13.4. The second-order valence-electron chi connectivity index (χ2n) is 6.61. The summed E-state index contributed by atoms with van der Waals surface area (Å²) < 4.78 is 0. The van der Waals surface area contributed by atoms with Crippen molar-refractivity contribution in [3.8, 4) is 0 Å². The first kappa shape index (κ1) is 16.5. The number of aromatic nitrogens is 3. The van der Waals surface area contributed by atoms with E-state index in [4.69, 9.17) is 4.98 Å². The van der Waals surface area contributed by atoms with Crippen LogP contribution in [-0.2, 0) is 12.8 Å². The van der Waals surface area contributed by atoms with E-state index in [1.54, 1.807) is 6.20 Å². The lowest BCUT2D eigenvalue weighted by Crippen LogP contribution is -2.26. The van der Waals surface area contributed by atoms with E-state index in [0.29, 0.717) is 5.95 Å². The van der Waals surface area contributed by atoms with Crippen LogP contribution >= 0.6 is 0 Å². The molecule has 0 saturated carbocycles. The minimum Gasteiger partial charge on any atom is -0.338 e. The first-order valence-corrected chi connectivity index (χ1v) is 9.17. The van der Waals surface area contributed by atoms with E-state index in [1.807, 2.05) is 0 Å². The van der Waals surface area contributed by atoms with E-state index in [2.05, 4.69) is 76.7 Å². The summed E-state index contributed by atoms with van der Waals surface area (Å²) in [5.74, 6) is 1.37. The van der Waals surface area contributed by atoms with Crippen LogP contribution in [0.25, 0.3) is 0 Å². The topological polar surface area (TPSA) is 53.9 Å². The smallest absolute Gasteiger partial charge is 0.251 e. The van der Waals surface area contributed by atoms with Crippen molar-refractivity contribution >= 4 is 23.1 Å². The fraction of sp³-hybridized carbons (Fsp3) is 0.286. The fourth-order valence-corrected chi connectivity index (χ4v) is 3.54. The maximum atomic E-state index is 4.75. The number of aryl methyl sites for hydroxylation is 3. The molecule has 0 radical (unpaired) electrons. The molecule has 1 aliphatic heterocycles. The summed E-state index contributed by atoms with van der Waals surface area (Å²) in [6.07, 6.45) is 4.84. The molecule has 4 rings (SSSR count). The van der Waals surface area contributed by atoms with Crippen molar-refractivity contribution in [3.05, 3.63) is 65.4 Å². The van der Waals surface area contributed by atoms with Crippen LogP contribution in [0.4, 0.5) is 23.1 Å². The van der Waals surface area contributed by atoms with Gasteiger partial charge in [0.25, 0.3) is 5.95 Å². The van der Waals surface area contributed by atoms with E-state index in [0.717, 1.165) is 37.3 Å². The maximum absolute atomic E-state index is 4.75. The zero-order chi connectivity index (χ0) is 17.9. The summed E-state index contributed by atoms with van der Waals surface area (Å²) in [6.45, 7) is 5.18. The maximum Gasteiger partial charge on any atom is 0.251 e. The number of benzene rings is 2. The fourth-order valence-electron chi connectivity index (χ4n) is 3.54. The molecule has 0 fully saturated rings. The standard InChI is InChI=1S/C21H23N5/c1-3-16-10-6-8-15(2)20(16)23-19-14-22-25-21(24-19)26-13-7-11-17-9-4-5-12-18(17)26/h4-6,8-10,12,14H,3,7,11,13H2,1-2H3,(H,23,24,25). The van der Waals surface area contributed by atoms with Gasteiger partial charge in [-0.2, -0.15) is 10.1 Å². The molecule has 3 aromatic rings. The molecule has 0 bridgehead atoms. The van der Waals surface area contributed by atoms with Gasteiger partial charge in [0.2, 0.25) is 0 Å². The second-order valence-corrected chi connectivity index (χ2v) is 6.61. The largest absolute Gasteiger partial charge is 0.338 e. The third kappa shape index (κ3) is 3.12. The zero-order valence-corrected chi connectivity index (χ0v) is 15.2. The van der Waals surface area contributed by atoms with Crippen LogP contribution in [0.15, 0.2) is 48.7 Å². The van der Waals surface area contributed by atoms with Gasteiger partial charge < -0.3 is 10.2 Å². The Morgan fingerprint density at radius 1 is 1.12 bits per heavy atom. The summed E-state index contributed by atoms with van der Waals surface area (Å²) >= 11 is 0. The highest BCUT2D eigenvalue weighted by Gasteiger charge is 2.20. The third-order valence-electron chi connectivity index (χ3n) is 4.89. The molecule has 5 nitrogen and oxygen atoms in total. The number of rotatable bonds is 4.